The minimum absolute atomic E-state index is 0.133. The Labute approximate surface area is 360 Å². The third-order valence-electron chi connectivity index (χ3n) is 9.77. The van der Waals surface area contributed by atoms with Crippen LogP contribution >= 0.6 is 70.5 Å². The fourth-order valence-electron chi connectivity index (χ4n) is 6.77. The van der Waals surface area contributed by atoms with Crippen molar-refractivity contribution in [3.05, 3.63) is 110 Å². The maximum absolute atomic E-state index is 10.2. The molecule has 6 heterocycles. The Balaban J connectivity index is 0.000000219. The molecule has 302 valence electrons. The van der Waals surface area contributed by atoms with E-state index in [1.165, 1.54) is 23.2 Å². The Morgan fingerprint density at radius 3 is 1.80 bits per heavy atom. The van der Waals surface area contributed by atoms with E-state index in [-0.39, 0.29) is 26.6 Å². The minimum atomic E-state index is -1.41. The van der Waals surface area contributed by atoms with Crippen LogP contribution < -0.4 is 11.5 Å². The first-order valence-corrected chi connectivity index (χ1v) is 21.1. The van der Waals surface area contributed by atoms with Gasteiger partial charge in [0.1, 0.15) is 53.7 Å². The number of fused-ring (bicyclic) bond motifs is 2. The highest BCUT2D eigenvalue weighted by Gasteiger charge is 2.54. The van der Waals surface area contributed by atoms with E-state index in [4.69, 9.17) is 48.9 Å². The number of aromatic nitrogens is 6. The van der Waals surface area contributed by atoms with Crippen molar-refractivity contribution in [2.45, 2.75) is 68.6 Å². The fraction of sp³-hybridized carbons (Fsp3) is 0.389. The predicted molar refractivity (Wildman–Crippen MR) is 231 cm³/mol. The lowest BCUT2D eigenvalue weighted by atomic mass is 9.84. The topological polar surface area (TPSA) is 201 Å². The maximum Gasteiger partial charge on any atom is 0.369 e. The van der Waals surface area contributed by atoms with E-state index >= 15 is 0 Å². The van der Waals surface area contributed by atoms with Gasteiger partial charge in [-0.25, -0.2) is 19.0 Å². The van der Waals surface area contributed by atoms with E-state index in [1.54, 1.807) is 16.6 Å². The number of halogens is 5. The van der Waals surface area contributed by atoms with Gasteiger partial charge >= 0.3 is 3.18 Å². The molecule has 0 bridgehead atoms. The predicted octanol–water partition coefficient (Wildman–Crippen LogP) is 6.54. The van der Waals surface area contributed by atoms with Crippen molar-refractivity contribution < 1.29 is 29.5 Å². The Hall–Kier alpha value is -2.62. The normalized spacial score (nSPS) is 26.7. The average Bonchev–Trinajstić information content (AvgIpc) is 3.95. The molecule has 0 saturated carbocycles. The van der Waals surface area contributed by atoms with Gasteiger partial charge in [0.25, 0.3) is 0 Å². The SMILES string of the molecule is BrB(Br)Br.C=C[C@]1(CC)O[C@@H](c2ccc3c(N)ncnn23)[C@H](OCc2ccccc2)[C@@H]1C.C=C[C@]1(CO)O[C@@H](c2ccc3c(N)ncnn23)[C@H](O)[C@@H]1O.ClCCl. The molecular formula is C36H44BBr3Cl2N8O6. The third kappa shape index (κ3) is 9.97. The highest BCUT2D eigenvalue weighted by atomic mass is 79.9. The van der Waals surface area contributed by atoms with Crippen LogP contribution in [0.4, 0.5) is 11.6 Å². The average molecular weight is 1010 g/mol. The molecule has 20 heteroatoms. The summed E-state index contributed by atoms with van der Waals surface area (Å²) in [4.78, 5) is 7.95. The van der Waals surface area contributed by atoms with E-state index in [1.807, 2.05) is 36.4 Å². The monoisotopic (exact) mass is 1000 g/mol. The highest BCUT2D eigenvalue weighted by Crippen LogP contribution is 2.48. The van der Waals surface area contributed by atoms with Crippen LogP contribution in [0.3, 0.4) is 0 Å². The molecule has 7 rings (SSSR count). The molecule has 0 amide bonds. The molecule has 0 unspecified atom stereocenters. The molecule has 2 aliphatic rings. The van der Waals surface area contributed by atoms with Gasteiger partial charge in [-0.05, 0) is 36.2 Å². The zero-order valence-corrected chi connectivity index (χ0v) is 36.9. The molecule has 0 radical (unpaired) electrons. The van der Waals surface area contributed by atoms with Crippen molar-refractivity contribution in [1.82, 2.24) is 29.2 Å². The molecule has 2 fully saturated rings. The number of nitrogen functional groups attached to an aromatic ring is 2. The quantitative estimate of drug-likeness (QED) is 0.0608. The Morgan fingerprint density at radius 1 is 0.875 bits per heavy atom. The molecule has 2 saturated heterocycles. The van der Waals surface area contributed by atoms with Crippen molar-refractivity contribution >= 4 is 96.3 Å². The van der Waals surface area contributed by atoms with Gasteiger partial charge in [-0.2, -0.15) is 10.2 Å². The smallest absolute Gasteiger partial charge is 0.369 e. The number of hydrogen-bond acceptors (Lipinski definition) is 12. The number of alkyl halides is 2. The van der Waals surface area contributed by atoms with Gasteiger partial charge in [-0.3, -0.25) is 0 Å². The standard InChI is InChI=1S/C22H26N4O2.C13H16N4O4.CH2Cl2.BBr3/c1-4-22(5-2)15(3)19(27-13-16-9-7-6-8-10-16)20(28-22)17-11-12-18-21(23)24-14-25-26(17)18;1-2-13(5-18)11(20)9(19)10(21-13)7-3-4-8-12(14)15-6-16-17(7)8;2-1-3;2-1(3)4/h4,6-12,14-15,19-20H,1,5,13H2,2-3H3,(H2,23,24,25);2-4,6,9-11,18-20H,1,5H2,(H2,14,15,16);1H2;/t15-,19+,20-,22+;9-,10-,11-,13+;;/m00../s1. The molecule has 0 spiro atoms. The lowest BCUT2D eigenvalue weighted by Crippen LogP contribution is -2.44. The Kier molecular flexibility index (Phi) is 17.2. The number of hydrogen-bond donors (Lipinski definition) is 5. The van der Waals surface area contributed by atoms with Crippen molar-refractivity contribution in [3.8, 4) is 0 Å². The Morgan fingerprint density at radius 2 is 1.36 bits per heavy atom. The number of aliphatic hydroxyl groups is 3. The van der Waals surface area contributed by atoms with Crippen molar-refractivity contribution in [1.29, 1.82) is 0 Å². The summed E-state index contributed by atoms with van der Waals surface area (Å²) in [6.45, 7) is 11.9. The van der Waals surface area contributed by atoms with Crippen LogP contribution in [0.5, 0.6) is 0 Å². The van der Waals surface area contributed by atoms with Gasteiger partial charge in [0, 0.05) is 5.92 Å². The summed E-state index contributed by atoms with van der Waals surface area (Å²) in [5, 5.41) is 38.5. The van der Waals surface area contributed by atoms with Crippen LogP contribution in [0.25, 0.3) is 11.0 Å². The zero-order chi connectivity index (χ0) is 41.2. The second-order valence-corrected chi connectivity index (χ2v) is 19.9. The van der Waals surface area contributed by atoms with Crippen molar-refractivity contribution in [2.75, 3.05) is 23.4 Å². The number of ether oxygens (including phenoxy) is 3. The van der Waals surface area contributed by atoms with Gasteiger partial charge in [0.2, 0.25) is 0 Å². The minimum Gasteiger partial charge on any atom is -0.393 e. The number of aliphatic hydroxyl groups excluding tert-OH is 3. The van der Waals surface area contributed by atoms with E-state index in [0.717, 1.165) is 23.2 Å². The van der Waals surface area contributed by atoms with Gasteiger partial charge in [-0.1, -0.05) is 56.3 Å². The second kappa shape index (κ2) is 20.9. The first-order valence-electron chi connectivity index (χ1n) is 17.2. The molecule has 4 aromatic heterocycles. The summed E-state index contributed by atoms with van der Waals surface area (Å²) in [6, 6.07) is 17.5. The van der Waals surface area contributed by atoms with Crippen molar-refractivity contribution in [3.63, 3.8) is 0 Å². The van der Waals surface area contributed by atoms with Crippen LogP contribution in [-0.2, 0) is 20.8 Å². The Bertz CT molecular complexity index is 2030. The van der Waals surface area contributed by atoms with E-state index < -0.39 is 36.1 Å². The van der Waals surface area contributed by atoms with Gasteiger partial charge in [0.05, 0.1) is 41.6 Å². The van der Waals surface area contributed by atoms with Gasteiger partial charge < -0.3 is 41.0 Å². The molecule has 5 aromatic rings. The highest BCUT2D eigenvalue weighted by molar-refractivity contribution is 9.69. The second-order valence-electron chi connectivity index (χ2n) is 12.6. The summed E-state index contributed by atoms with van der Waals surface area (Å²) in [5.74, 6) is 0.870. The molecule has 2 aliphatic heterocycles. The van der Waals surface area contributed by atoms with Gasteiger partial charge in [0.15, 0.2) is 11.6 Å². The van der Waals surface area contributed by atoms with Gasteiger partial charge in [-0.15, -0.1) is 83.6 Å². The summed E-state index contributed by atoms with van der Waals surface area (Å²) in [5.41, 5.74) is 13.8. The summed E-state index contributed by atoms with van der Waals surface area (Å²) in [7, 11) is 0. The zero-order valence-electron chi connectivity index (χ0n) is 30.6. The summed E-state index contributed by atoms with van der Waals surface area (Å²) < 4.78 is 22.2. The molecule has 14 nitrogen and oxygen atoms in total. The largest absolute Gasteiger partial charge is 0.393 e. The van der Waals surface area contributed by atoms with Crippen LogP contribution in [0, 0.1) is 5.92 Å². The molecular weight excluding hydrogens is 962 g/mol. The number of rotatable bonds is 9. The molecule has 7 N–H and O–H groups in total. The van der Waals surface area contributed by atoms with Crippen LogP contribution in [0.1, 0.15) is 49.4 Å². The van der Waals surface area contributed by atoms with Crippen LogP contribution in [0.15, 0.2) is 92.6 Å². The molecule has 8 atom stereocenters. The molecule has 0 aliphatic carbocycles. The summed E-state index contributed by atoms with van der Waals surface area (Å²) in [6.07, 6.45) is 2.94. The molecule has 1 aromatic carbocycles. The number of nitrogens with two attached hydrogens (primary N) is 2. The fourth-order valence-corrected chi connectivity index (χ4v) is 6.77. The van der Waals surface area contributed by atoms with E-state index in [0.29, 0.717) is 29.5 Å². The number of benzene rings is 1. The lowest BCUT2D eigenvalue weighted by molar-refractivity contribution is -0.0798. The first-order chi connectivity index (χ1) is 26.8. The number of nitrogens with zero attached hydrogens (tertiary/aromatic N) is 6. The van der Waals surface area contributed by atoms with Crippen LogP contribution in [-0.4, -0.2) is 89.2 Å². The summed E-state index contributed by atoms with van der Waals surface area (Å²) >= 11 is 18.8. The van der Waals surface area contributed by atoms with E-state index in [9.17, 15) is 15.3 Å². The first kappa shape index (κ1) is 46.1. The third-order valence-corrected chi connectivity index (χ3v) is 9.77. The maximum atomic E-state index is 10.2. The van der Waals surface area contributed by atoms with Crippen molar-refractivity contribution in [2.24, 2.45) is 5.92 Å². The van der Waals surface area contributed by atoms with E-state index in [2.05, 4.69) is 107 Å². The van der Waals surface area contributed by atoms with Crippen LogP contribution in [0.2, 0.25) is 0 Å². The molecule has 56 heavy (non-hydrogen) atoms. The lowest BCUT2D eigenvalue weighted by Gasteiger charge is -2.28. The number of anilines is 2.